The van der Waals surface area contributed by atoms with E-state index in [1.54, 1.807) is 18.2 Å². The Morgan fingerprint density at radius 3 is 2.89 bits per heavy atom. The second-order valence-corrected chi connectivity index (χ2v) is 4.72. The minimum absolute atomic E-state index is 0.302. The number of methoxy groups -OCH3 is 1. The van der Waals surface area contributed by atoms with Gasteiger partial charge in [0.15, 0.2) is 0 Å². The van der Waals surface area contributed by atoms with E-state index >= 15 is 0 Å². The Kier molecular flexibility index (Phi) is 5.23. The zero-order valence-electron chi connectivity index (χ0n) is 10.7. The predicted molar refractivity (Wildman–Crippen MR) is 74.9 cm³/mol. The van der Waals surface area contributed by atoms with E-state index in [-0.39, 0.29) is 5.97 Å². The Labute approximate surface area is 113 Å². The first-order valence-corrected chi connectivity index (χ1v) is 6.12. The Balaban J connectivity index is 2.90. The van der Waals surface area contributed by atoms with Crippen LogP contribution in [0, 0.1) is 0 Å². The molecular formula is C14H18ClNO2. The highest BCUT2D eigenvalue weighted by atomic mass is 35.5. The lowest BCUT2D eigenvalue weighted by Crippen LogP contribution is -2.44. The van der Waals surface area contributed by atoms with Gasteiger partial charge in [0, 0.05) is 10.7 Å². The number of hydrogen-bond donors (Lipinski definition) is 1. The average molecular weight is 268 g/mol. The first-order chi connectivity index (χ1) is 8.51. The molecule has 1 aromatic carbocycles. The summed E-state index contributed by atoms with van der Waals surface area (Å²) in [5, 5.41) is 3.80. The highest BCUT2D eigenvalue weighted by Gasteiger charge is 2.33. The molecule has 0 aliphatic carbocycles. The highest BCUT2D eigenvalue weighted by Crippen LogP contribution is 2.24. The molecule has 18 heavy (non-hydrogen) atoms. The maximum atomic E-state index is 11.9. The van der Waals surface area contributed by atoms with Crippen LogP contribution in [0.2, 0.25) is 5.02 Å². The van der Waals surface area contributed by atoms with Crippen LogP contribution in [0.1, 0.15) is 19.8 Å². The van der Waals surface area contributed by atoms with Gasteiger partial charge < -0.3 is 10.1 Å². The molecule has 0 spiro atoms. The number of hydrogen-bond acceptors (Lipinski definition) is 3. The van der Waals surface area contributed by atoms with Crippen molar-refractivity contribution in [2.45, 2.75) is 25.3 Å². The molecule has 98 valence electrons. The standard InChI is InChI=1S/C14H18ClNO2/c1-4-5-9-14(2,13(17)18-3)16-12-8-6-7-11(15)10-12/h4,6-8,10,16H,1,5,9H2,2-3H3. The summed E-state index contributed by atoms with van der Waals surface area (Å²) in [6.45, 7) is 5.48. The largest absolute Gasteiger partial charge is 0.467 e. The van der Waals surface area contributed by atoms with Crippen molar-refractivity contribution in [3.63, 3.8) is 0 Å². The van der Waals surface area contributed by atoms with Gasteiger partial charge in [-0.2, -0.15) is 0 Å². The van der Waals surface area contributed by atoms with E-state index in [9.17, 15) is 4.79 Å². The van der Waals surface area contributed by atoms with Crippen molar-refractivity contribution < 1.29 is 9.53 Å². The van der Waals surface area contributed by atoms with Crippen molar-refractivity contribution >= 4 is 23.3 Å². The number of anilines is 1. The van der Waals surface area contributed by atoms with Crippen molar-refractivity contribution in [2.24, 2.45) is 0 Å². The molecule has 0 saturated heterocycles. The number of allylic oxidation sites excluding steroid dienone is 1. The van der Waals surface area contributed by atoms with Crippen LogP contribution in [-0.4, -0.2) is 18.6 Å². The quantitative estimate of drug-likeness (QED) is 0.632. The van der Waals surface area contributed by atoms with Crippen LogP contribution in [0.5, 0.6) is 0 Å². The number of esters is 1. The molecule has 0 aromatic heterocycles. The number of carbonyl (C=O) groups excluding carboxylic acids is 1. The van der Waals surface area contributed by atoms with Crippen molar-refractivity contribution in [1.29, 1.82) is 0 Å². The summed E-state index contributed by atoms with van der Waals surface area (Å²) in [4.78, 5) is 11.9. The molecule has 0 radical (unpaired) electrons. The lowest BCUT2D eigenvalue weighted by atomic mass is 9.95. The molecule has 0 amide bonds. The van der Waals surface area contributed by atoms with Gasteiger partial charge in [0.25, 0.3) is 0 Å². The van der Waals surface area contributed by atoms with Gasteiger partial charge in [0.1, 0.15) is 5.54 Å². The smallest absolute Gasteiger partial charge is 0.331 e. The first-order valence-electron chi connectivity index (χ1n) is 5.75. The van der Waals surface area contributed by atoms with Crippen molar-refractivity contribution in [2.75, 3.05) is 12.4 Å². The summed E-state index contributed by atoms with van der Waals surface area (Å²) in [7, 11) is 1.38. The normalized spacial score (nSPS) is 13.5. The topological polar surface area (TPSA) is 38.3 Å². The Bertz CT molecular complexity index is 434. The van der Waals surface area contributed by atoms with Crippen molar-refractivity contribution in [1.82, 2.24) is 0 Å². The number of ether oxygens (including phenoxy) is 1. The third kappa shape index (κ3) is 3.77. The van der Waals surface area contributed by atoms with Crippen LogP contribution in [0.25, 0.3) is 0 Å². The van der Waals surface area contributed by atoms with Crippen molar-refractivity contribution in [3.8, 4) is 0 Å². The monoisotopic (exact) mass is 267 g/mol. The molecule has 0 bridgehead atoms. The van der Waals surface area contributed by atoms with Gasteiger partial charge in [-0.25, -0.2) is 4.79 Å². The van der Waals surface area contributed by atoms with Crippen LogP contribution < -0.4 is 5.32 Å². The average Bonchev–Trinajstić information content (AvgIpc) is 2.35. The SMILES string of the molecule is C=CCCC(C)(Nc1cccc(Cl)c1)C(=O)OC. The number of benzene rings is 1. The molecule has 1 unspecified atom stereocenters. The van der Waals surface area contributed by atoms with Gasteiger partial charge in [0.2, 0.25) is 0 Å². The summed E-state index contributed by atoms with van der Waals surface area (Å²) >= 11 is 5.92. The third-order valence-corrected chi connectivity index (χ3v) is 2.96. The van der Waals surface area contributed by atoms with Crippen molar-refractivity contribution in [3.05, 3.63) is 41.9 Å². The number of nitrogens with one attached hydrogen (secondary N) is 1. The van der Waals surface area contributed by atoms with E-state index in [0.717, 1.165) is 12.1 Å². The van der Waals surface area contributed by atoms with E-state index in [1.807, 2.05) is 19.1 Å². The van der Waals surface area contributed by atoms with Gasteiger partial charge >= 0.3 is 5.97 Å². The second kappa shape index (κ2) is 6.45. The molecule has 1 atom stereocenters. The first kappa shape index (κ1) is 14.6. The molecule has 1 rings (SSSR count). The van der Waals surface area contributed by atoms with Gasteiger partial charge in [-0.15, -0.1) is 6.58 Å². The van der Waals surface area contributed by atoms with Crippen LogP contribution in [0.3, 0.4) is 0 Å². The fourth-order valence-electron chi connectivity index (χ4n) is 1.72. The summed E-state index contributed by atoms with van der Waals surface area (Å²) in [5.74, 6) is -0.302. The lowest BCUT2D eigenvalue weighted by Gasteiger charge is -2.28. The Morgan fingerprint density at radius 2 is 2.33 bits per heavy atom. The van der Waals surface area contributed by atoms with Gasteiger partial charge in [0.05, 0.1) is 7.11 Å². The van der Waals surface area contributed by atoms with E-state index in [2.05, 4.69) is 11.9 Å². The van der Waals surface area contributed by atoms with E-state index in [0.29, 0.717) is 11.4 Å². The van der Waals surface area contributed by atoms with E-state index < -0.39 is 5.54 Å². The predicted octanol–water partition coefficient (Wildman–Crippen LogP) is 3.65. The maximum absolute atomic E-state index is 11.9. The highest BCUT2D eigenvalue weighted by molar-refractivity contribution is 6.30. The van der Waals surface area contributed by atoms with E-state index in [4.69, 9.17) is 16.3 Å². The van der Waals surface area contributed by atoms with Gasteiger partial charge in [-0.1, -0.05) is 23.7 Å². The summed E-state index contributed by atoms with van der Waals surface area (Å²) < 4.78 is 4.85. The molecule has 0 fully saturated rings. The minimum Gasteiger partial charge on any atom is -0.467 e. The Hall–Kier alpha value is -1.48. The molecule has 1 N–H and O–H groups in total. The second-order valence-electron chi connectivity index (χ2n) is 4.29. The molecular weight excluding hydrogens is 250 g/mol. The Morgan fingerprint density at radius 1 is 1.61 bits per heavy atom. The molecule has 0 heterocycles. The molecule has 1 aromatic rings. The molecule has 4 heteroatoms. The zero-order chi connectivity index (χ0) is 13.6. The molecule has 0 saturated carbocycles. The number of halogens is 1. The van der Waals surface area contributed by atoms with Crippen LogP contribution in [-0.2, 0) is 9.53 Å². The summed E-state index contributed by atoms with van der Waals surface area (Å²) in [6.07, 6.45) is 3.11. The fourth-order valence-corrected chi connectivity index (χ4v) is 1.91. The molecule has 3 nitrogen and oxygen atoms in total. The van der Waals surface area contributed by atoms with E-state index in [1.165, 1.54) is 7.11 Å². The van der Waals surface area contributed by atoms with Crippen LogP contribution >= 0.6 is 11.6 Å². The lowest BCUT2D eigenvalue weighted by molar-refractivity contribution is -0.145. The van der Waals surface area contributed by atoms with Crippen LogP contribution in [0.4, 0.5) is 5.69 Å². The maximum Gasteiger partial charge on any atom is 0.331 e. The minimum atomic E-state index is -0.784. The van der Waals surface area contributed by atoms with Gasteiger partial charge in [-0.05, 0) is 38.0 Å². The summed E-state index contributed by atoms with van der Waals surface area (Å²) in [5.41, 5.74) is 0.00706. The fraction of sp³-hybridized carbons (Fsp3) is 0.357. The zero-order valence-corrected chi connectivity index (χ0v) is 11.5. The number of rotatable bonds is 6. The van der Waals surface area contributed by atoms with Gasteiger partial charge in [-0.3, -0.25) is 0 Å². The third-order valence-electron chi connectivity index (χ3n) is 2.73. The number of carbonyl (C=O) groups is 1. The van der Waals surface area contributed by atoms with Crippen LogP contribution in [0.15, 0.2) is 36.9 Å². The summed E-state index contributed by atoms with van der Waals surface area (Å²) in [6, 6.07) is 7.25. The molecule has 0 aliphatic rings. The molecule has 0 aliphatic heterocycles.